The van der Waals surface area contributed by atoms with Crippen LogP contribution in [0.15, 0.2) is 48.5 Å². The average Bonchev–Trinajstić information content (AvgIpc) is 3.19. The van der Waals surface area contributed by atoms with E-state index in [4.69, 9.17) is 38.4 Å². The first-order valence-electron chi connectivity index (χ1n) is 9.47. The Morgan fingerprint density at radius 3 is 2.00 bits per heavy atom. The molecule has 0 aliphatic rings. The van der Waals surface area contributed by atoms with Crippen LogP contribution < -0.4 is 5.73 Å². The van der Waals surface area contributed by atoms with Gasteiger partial charge in [-0.15, -0.1) is 11.3 Å². The molecule has 2 aromatic carbocycles. The Balaban J connectivity index is 0.000000469. The van der Waals surface area contributed by atoms with Gasteiger partial charge in [-0.25, -0.2) is 9.78 Å². The Labute approximate surface area is 190 Å². The Hall–Kier alpha value is -1.96. The van der Waals surface area contributed by atoms with E-state index in [9.17, 15) is 4.79 Å². The van der Waals surface area contributed by atoms with Gasteiger partial charge in [-0.3, -0.25) is 0 Å². The van der Waals surface area contributed by atoms with Crippen molar-refractivity contribution in [2.45, 2.75) is 13.8 Å². The number of carbonyl (C=O) groups is 1. The van der Waals surface area contributed by atoms with Crippen molar-refractivity contribution in [2.24, 2.45) is 5.73 Å². The summed E-state index contributed by atoms with van der Waals surface area (Å²) in [5.41, 5.74) is 7.64. The van der Waals surface area contributed by atoms with Crippen molar-refractivity contribution in [2.75, 3.05) is 26.4 Å². The van der Waals surface area contributed by atoms with Crippen LogP contribution in [0, 0.1) is 0 Å². The number of halogens is 2. The first-order valence-corrected chi connectivity index (χ1v) is 11.0. The normalized spacial score (nSPS) is 10.3. The van der Waals surface area contributed by atoms with Crippen LogP contribution in [0.4, 0.5) is 0 Å². The van der Waals surface area contributed by atoms with E-state index < -0.39 is 5.97 Å². The second kappa shape index (κ2) is 12.7. The molecule has 2 N–H and O–H groups in total. The largest absolute Gasteiger partial charge is 0.461 e. The molecule has 0 atom stereocenters. The highest BCUT2D eigenvalue weighted by molar-refractivity contribution is 7.17. The molecule has 0 unspecified atom stereocenters. The molecular formula is C22H24Cl2N2O3S. The van der Waals surface area contributed by atoms with Crippen LogP contribution in [0.25, 0.3) is 21.7 Å². The summed E-state index contributed by atoms with van der Waals surface area (Å²) in [6.45, 7) is 6.13. The molecule has 1 heterocycles. The molecule has 0 fully saturated rings. The first kappa shape index (κ1) is 24.3. The standard InChI is InChI=1S/C18H13Cl2NO2S.C4H11NO/c1-2-23-18(22)17-21-15(11-3-7-13(19)8-4-11)16(24-17)12-5-9-14(20)10-6-12;1-2-6-4-3-5/h3-10H,2H2,1H3;2-5H2,1H3. The Bertz CT molecular complexity index is 862. The number of nitrogens with two attached hydrogens (primary N) is 1. The van der Waals surface area contributed by atoms with Gasteiger partial charge in [0.25, 0.3) is 0 Å². The number of benzene rings is 2. The third kappa shape index (κ3) is 7.07. The molecule has 0 spiro atoms. The summed E-state index contributed by atoms with van der Waals surface area (Å²) in [4.78, 5) is 17.4. The van der Waals surface area contributed by atoms with E-state index in [-0.39, 0.29) is 0 Å². The van der Waals surface area contributed by atoms with Crippen LogP contribution in [0.1, 0.15) is 23.6 Å². The van der Waals surface area contributed by atoms with Gasteiger partial charge >= 0.3 is 5.97 Å². The maximum Gasteiger partial charge on any atom is 0.367 e. The Morgan fingerprint density at radius 1 is 0.967 bits per heavy atom. The minimum absolute atomic E-state index is 0.310. The van der Waals surface area contributed by atoms with E-state index in [0.29, 0.717) is 34.8 Å². The van der Waals surface area contributed by atoms with Gasteiger partial charge in [-0.05, 0) is 43.7 Å². The van der Waals surface area contributed by atoms with E-state index in [2.05, 4.69) is 4.98 Å². The molecular weight excluding hydrogens is 443 g/mol. The maximum atomic E-state index is 12.1. The molecule has 8 heteroatoms. The monoisotopic (exact) mass is 466 g/mol. The maximum absolute atomic E-state index is 12.1. The number of hydrogen-bond donors (Lipinski definition) is 1. The SMILES string of the molecule is CCOC(=O)c1nc(-c2ccc(Cl)cc2)c(-c2ccc(Cl)cc2)s1.CCOCCN. The molecule has 0 radical (unpaired) electrons. The van der Waals surface area contributed by atoms with Crippen molar-refractivity contribution >= 4 is 40.5 Å². The fraction of sp³-hybridized carbons (Fsp3) is 0.273. The lowest BCUT2D eigenvalue weighted by molar-refractivity contribution is 0.0526. The minimum atomic E-state index is -0.419. The second-order valence-corrected chi connectivity index (χ2v) is 7.79. The van der Waals surface area contributed by atoms with E-state index in [0.717, 1.165) is 28.3 Å². The number of ether oxygens (including phenoxy) is 2. The first-order chi connectivity index (χ1) is 14.5. The van der Waals surface area contributed by atoms with Crippen LogP contribution in [0.3, 0.4) is 0 Å². The highest BCUT2D eigenvalue weighted by Gasteiger charge is 2.20. The quantitative estimate of drug-likeness (QED) is 0.344. The lowest BCUT2D eigenvalue weighted by Gasteiger charge is -2.03. The van der Waals surface area contributed by atoms with E-state index in [1.54, 1.807) is 19.1 Å². The summed E-state index contributed by atoms with van der Waals surface area (Å²) >= 11 is 13.2. The average molecular weight is 467 g/mol. The summed E-state index contributed by atoms with van der Waals surface area (Å²) in [7, 11) is 0. The molecule has 3 rings (SSSR count). The molecule has 0 aliphatic heterocycles. The van der Waals surface area contributed by atoms with E-state index >= 15 is 0 Å². The smallest absolute Gasteiger partial charge is 0.367 e. The molecule has 3 aromatic rings. The summed E-state index contributed by atoms with van der Waals surface area (Å²) < 4.78 is 9.93. The zero-order chi connectivity index (χ0) is 21.9. The van der Waals surface area contributed by atoms with Gasteiger partial charge in [0.1, 0.15) is 0 Å². The second-order valence-electron chi connectivity index (χ2n) is 5.92. The predicted molar refractivity (Wildman–Crippen MR) is 125 cm³/mol. The van der Waals surface area contributed by atoms with Crippen molar-refractivity contribution in [3.05, 3.63) is 63.6 Å². The third-order valence-electron chi connectivity index (χ3n) is 3.77. The number of thiazole rings is 1. The van der Waals surface area contributed by atoms with Gasteiger partial charge in [0.15, 0.2) is 0 Å². The fourth-order valence-electron chi connectivity index (χ4n) is 2.43. The van der Waals surface area contributed by atoms with Crippen molar-refractivity contribution < 1.29 is 14.3 Å². The molecule has 160 valence electrons. The van der Waals surface area contributed by atoms with Crippen molar-refractivity contribution in [1.82, 2.24) is 4.98 Å². The highest BCUT2D eigenvalue weighted by Crippen LogP contribution is 2.37. The summed E-state index contributed by atoms with van der Waals surface area (Å²) in [6, 6.07) is 14.8. The Morgan fingerprint density at radius 2 is 1.53 bits per heavy atom. The van der Waals surface area contributed by atoms with Crippen LogP contribution >= 0.6 is 34.5 Å². The van der Waals surface area contributed by atoms with E-state index in [1.807, 2.05) is 43.3 Å². The third-order valence-corrected chi connectivity index (χ3v) is 5.36. The number of rotatable bonds is 7. The van der Waals surface area contributed by atoms with Gasteiger partial charge in [-0.1, -0.05) is 47.5 Å². The van der Waals surface area contributed by atoms with Crippen LogP contribution in [-0.4, -0.2) is 37.3 Å². The summed E-state index contributed by atoms with van der Waals surface area (Å²) in [5.74, 6) is -0.419. The minimum Gasteiger partial charge on any atom is -0.461 e. The zero-order valence-electron chi connectivity index (χ0n) is 16.9. The van der Waals surface area contributed by atoms with E-state index in [1.165, 1.54) is 11.3 Å². The molecule has 0 saturated heterocycles. The molecule has 30 heavy (non-hydrogen) atoms. The molecule has 5 nitrogen and oxygen atoms in total. The zero-order valence-corrected chi connectivity index (χ0v) is 19.2. The summed E-state index contributed by atoms with van der Waals surface area (Å²) in [6.07, 6.45) is 0. The molecule has 0 saturated carbocycles. The topological polar surface area (TPSA) is 74.4 Å². The molecule has 1 aromatic heterocycles. The Kier molecular flexibility index (Phi) is 10.3. The van der Waals surface area contributed by atoms with Gasteiger partial charge in [0.2, 0.25) is 5.01 Å². The van der Waals surface area contributed by atoms with Crippen molar-refractivity contribution in [3.63, 3.8) is 0 Å². The van der Waals surface area contributed by atoms with Gasteiger partial charge < -0.3 is 15.2 Å². The van der Waals surface area contributed by atoms with Gasteiger partial charge in [0, 0.05) is 28.8 Å². The summed E-state index contributed by atoms with van der Waals surface area (Å²) in [5, 5.41) is 1.63. The van der Waals surface area contributed by atoms with Gasteiger partial charge in [0.05, 0.1) is 23.8 Å². The van der Waals surface area contributed by atoms with Crippen LogP contribution in [0.2, 0.25) is 10.0 Å². The van der Waals surface area contributed by atoms with Crippen LogP contribution in [-0.2, 0) is 9.47 Å². The lowest BCUT2D eigenvalue weighted by atomic mass is 10.1. The number of carbonyl (C=O) groups excluding carboxylic acids is 1. The highest BCUT2D eigenvalue weighted by atomic mass is 35.5. The van der Waals surface area contributed by atoms with Crippen LogP contribution in [0.5, 0.6) is 0 Å². The van der Waals surface area contributed by atoms with Crippen molar-refractivity contribution in [1.29, 1.82) is 0 Å². The molecule has 0 aliphatic carbocycles. The number of nitrogens with zero attached hydrogens (tertiary/aromatic N) is 1. The number of hydrogen-bond acceptors (Lipinski definition) is 6. The van der Waals surface area contributed by atoms with Gasteiger partial charge in [-0.2, -0.15) is 0 Å². The number of esters is 1. The van der Waals surface area contributed by atoms with Crippen molar-refractivity contribution in [3.8, 4) is 21.7 Å². The fourth-order valence-corrected chi connectivity index (χ4v) is 3.67. The number of aromatic nitrogens is 1. The molecule has 0 amide bonds. The predicted octanol–water partition coefficient (Wildman–Crippen LogP) is 5.94. The lowest BCUT2D eigenvalue weighted by Crippen LogP contribution is -2.07. The molecule has 0 bridgehead atoms.